The number of hydrogen-bond acceptors (Lipinski definition) is 5. The number of halogens is 2. The molecule has 0 bridgehead atoms. The van der Waals surface area contributed by atoms with Gasteiger partial charge in [0, 0.05) is 19.2 Å². The summed E-state index contributed by atoms with van der Waals surface area (Å²) in [6.45, 7) is 1.00. The molecule has 1 N–H and O–H groups in total. The molecular weight excluding hydrogens is 492 g/mol. The Morgan fingerprint density at radius 1 is 0.944 bits per heavy atom. The van der Waals surface area contributed by atoms with Gasteiger partial charge in [0.1, 0.15) is 17.7 Å². The molecule has 1 fully saturated rings. The zero-order valence-corrected chi connectivity index (χ0v) is 19.8. The molecule has 3 aromatic rings. The smallest absolute Gasteiger partial charge is 0.252 e. The third kappa shape index (κ3) is 5.16. The van der Waals surface area contributed by atoms with E-state index >= 15 is 0 Å². The summed E-state index contributed by atoms with van der Waals surface area (Å²) >= 11 is 0. The first-order valence-corrected chi connectivity index (χ1v) is 12.3. The molecule has 4 rings (SSSR count). The van der Waals surface area contributed by atoms with Gasteiger partial charge in [0.2, 0.25) is 21.8 Å². The second-order valence-electron chi connectivity index (χ2n) is 8.15. The zero-order valence-electron chi connectivity index (χ0n) is 19.0. The molecule has 1 atom stereocenters. The lowest BCUT2D eigenvalue weighted by Crippen LogP contribution is -2.45. The molecule has 1 saturated heterocycles. The van der Waals surface area contributed by atoms with Crippen LogP contribution in [0.1, 0.15) is 18.9 Å². The van der Waals surface area contributed by atoms with Gasteiger partial charge in [-0.1, -0.05) is 12.1 Å². The summed E-state index contributed by atoms with van der Waals surface area (Å²) in [6, 6.07) is 13.8. The molecule has 0 saturated carbocycles. The van der Waals surface area contributed by atoms with E-state index in [1.165, 1.54) is 55.5 Å². The highest BCUT2D eigenvalue weighted by Gasteiger charge is 2.47. The maximum absolute atomic E-state index is 13.7. The van der Waals surface area contributed by atoms with Crippen LogP contribution >= 0.6 is 0 Å². The van der Waals surface area contributed by atoms with Crippen molar-refractivity contribution in [2.24, 2.45) is 0 Å². The molecule has 1 unspecified atom stereocenters. The van der Waals surface area contributed by atoms with Gasteiger partial charge in [0.25, 0.3) is 5.91 Å². The number of anilines is 2. The van der Waals surface area contributed by atoms with Crippen molar-refractivity contribution in [2.45, 2.75) is 30.8 Å². The monoisotopic (exact) mass is 513 g/mol. The van der Waals surface area contributed by atoms with E-state index < -0.39 is 45.9 Å². The quantitative estimate of drug-likeness (QED) is 0.488. The van der Waals surface area contributed by atoms with Crippen molar-refractivity contribution >= 4 is 39.1 Å². The lowest BCUT2D eigenvalue weighted by atomic mass is 10.2. The van der Waals surface area contributed by atoms with Crippen molar-refractivity contribution < 1.29 is 31.6 Å². The SMILES string of the molecule is CC(=O)Nc1ccc(S(=O)(=O)N(Cc2ccc(F)cc2)C2CC(=O)N(c3ccc(F)cc3)C2=O)cc1. The number of carbonyl (C=O) groups excluding carboxylic acids is 3. The largest absolute Gasteiger partial charge is 0.326 e. The molecule has 8 nitrogen and oxygen atoms in total. The molecular formula is C25H21F2N3O5S. The van der Waals surface area contributed by atoms with Crippen molar-refractivity contribution in [3.05, 3.63) is 90.0 Å². The van der Waals surface area contributed by atoms with Crippen molar-refractivity contribution in [1.29, 1.82) is 0 Å². The van der Waals surface area contributed by atoms with Crippen LogP contribution in [0, 0.1) is 11.6 Å². The lowest BCUT2D eigenvalue weighted by molar-refractivity contribution is -0.122. The first-order chi connectivity index (χ1) is 17.1. The van der Waals surface area contributed by atoms with Crippen LogP contribution < -0.4 is 10.2 Å². The van der Waals surface area contributed by atoms with Gasteiger partial charge in [0.15, 0.2) is 0 Å². The summed E-state index contributed by atoms with van der Waals surface area (Å²) in [7, 11) is -4.34. The molecule has 186 valence electrons. The predicted molar refractivity (Wildman–Crippen MR) is 127 cm³/mol. The summed E-state index contributed by atoms with van der Waals surface area (Å²) in [4.78, 5) is 38.1. The number of carbonyl (C=O) groups is 3. The van der Waals surface area contributed by atoms with Crippen LogP contribution in [0.15, 0.2) is 77.7 Å². The van der Waals surface area contributed by atoms with Crippen molar-refractivity contribution in [1.82, 2.24) is 4.31 Å². The Kier molecular flexibility index (Phi) is 6.95. The van der Waals surface area contributed by atoms with Gasteiger partial charge < -0.3 is 5.32 Å². The minimum absolute atomic E-state index is 0.118. The zero-order chi connectivity index (χ0) is 26.0. The summed E-state index contributed by atoms with van der Waals surface area (Å²) in [5, 5.41) is 2.54. The van der Waals surface area contributed by atoms with E-state index in [0.29, 0.717) is 11.3 Å². The maximum atomic E-state index is 13.7. The van der Waals surface area contributed by atoms with Crippen LogP contribution in [0.25, 0.3) is 0 Å². The topological polar surface area (TPSA) is 104 Å². The van der Waals surface area contributed by atoms with Crippen molar-refractivity contribution in [3.63, 3.8) is 0 Å². The molecule has 3 amide bonds. The van der Waals surface area contributed by atoms with Gasteiger partial charge in [-0.05, 0) is 66.2 Å². The van der Waals surface area contributed by atoms with Crippen molar-refractivity contribution in [3.8, 4) is 0 Å². The van der Waals surface area contributed by atoms with Crippen LogP contribution in [0.4, 0.5) is 20.2 Å². The van der Waals surface area contributed by atoms with E-state index in [1.807, 2.05) is 0 Å². The Balaban J connectivity index is 1.72. The van der Waals surface area contributed by atoms with Crippen LogP contribution in [0.3, 0.4) is 0 Å². The number of rotatable bonds is 7. The van der Waals surface area contributed by atoms with E-state index in [1.54, 1.807) is 0 Å². The summed E-state index contributed by atoms with van der Waals surface area (Å²) in [5.41, 5.74) is 0.893. The number of amides is 3. The maximum Gasteiger partial charge on any atom is 0.252 e. The third-order valence-electron chi connectivity index (χ3n) is 5.59. The van der Waals surface area contributed by atoms with Crippen LogP contribution in [-0.4, -0.2) is 36.5 Å². The second-order valence-corrected chi connectivity index (χ2v) is 10.0. The molecule has 1 aliphatic heterocycles. The first-order valence-electron chi connectivity index (χ1n) is 10.8. The van der Waals surface area contributed by atoms with E-state index in [4.69, 9.17) is 0 Å². The number of sulfonamides is 1. The fourth-order valence-electron chi connectivity index (χ4n) is 3.88. The molecule has 3 aromatic carbocycles. The predicted octanol–water partition coefficient (Wildman–Crippen LogP) is 3.45. The Morgan fingerprint density at radius 3 is 2.06 bits per heavy atom. The minimum atomic E-state index is -4.34. The van der Waals surface area contributed by atoms with Crippen LogP contribution in [0.5, 0.6) is 0 Å². The van der Waals surface area contributed by atoms with Gasteiger partial charge in [-0.3, -0.25) is 14.4 Å². The number of imide groups is 1. The molecule has 11 heteroatoms. The van der Waals surface area contributed by atoms with E-state index in [-0.39, 0.29) is 23.0 Å². The molecule has 1 aliphatic rings. The normalized spacial score (nSPS) is 16.0. The van der Waals surface area contributed by atoms with Gasteiger partial charge in [-0.2, -0.15) is 4.31 Å². The average Bonchev–Trinajstić information content (AvgIpc) is 3.12. The highest BCUT2D eigenvalue weighted by molar-refractivity contribution is 7.89. The first kappa shape index (κ1) is 25.1. The number of hydrogen-bond donors (Lipinski definition) is 1. The van der Waals surface area contributed by atoms with Gasteiger partial charge in [0.05, 0.1) is 17.0 Å². The van der Waals surface area contributed by atoms with Crippen molar-refractivity contribution in [2.75, 3.05) is 10.2 Å². The molecule has 0 radical (unpaired) electrons. The van der Waals surface area contributed by atoms with Gasteiger partial charge >= 0.3 is 0 Å². The molecule has 1 heterocycles. The number of nitrogens with zero attached hydrogens (tertiary/aromatic N) is 2. The average molecular weight is 514 g/mol. The number of nitrogens with one attached hydrogen (secondary N) is 1. The fourth-order valence-corrected chi connectivity index (χ4v) is 5.45. The van der Waals surface area contributed by atoms with Gasteiger partial charge in [-0.15, -0.1) is 0 Å². The Morgan fingerprint density at radius 2 is 1.50 bits per heavy atom. The van der Waals surface area contributed by atoms with E-state index in [2.05, 4.69) is 5.32 Å². The minimum Gasteiger partial charge on any atom is -0.326 e. The third-order valence-corrected chi connectivity index (χ3v) is 7.46. The van der Waals surface area contributed by atoms with E-state index in [9.17, 15) is 31.6 Å². The molecule has 0 aliphatic carbocycles. The fraction of sp³-hybridized carbons (Fsp3) is 0.160. The second kappa shape index (κ2) is 9.96. The lowest BCUT2D eigenvalue weighted by Gasteiger charge is -2.27. The Labute approximate surface area is 206 Å². The molecule has 36 heavy (non-hydrogen) atoms. The number of benzene rings is 3. The molecule has 0 spiro atoms. The standard InChI is InChI=1S/C25H21F2N3O5S/c1-16(31)28-20-8-12-22(13-9-20)36(34,35)29(15-17-2-4-18(26)5-3-17)23-14-24(32)30(25(23)33)21-10-6-19(27)7-11-21/h2-13,23H,14-15H2,1H3,(H,28,31). The highest BCUT2D eigenvalue weighted by atomic mass is 32.2. The van der Waals surface area contributed by atoms with Gasteiger partial charge in [-0.25, -0.2) is 22.1 Å². The van der Waals surface area contributed by atoms with E-state index in [0.717, 1.165) is 33.5 Å². The summed E-state index contributed by atoms with van der Waals surface area (Å²) in [5.74, 6) is -2.84. The van der Waals surface area contributed by atoms with Crippen LogP contribution in [-0.2, 0) is 31.0 Å². The Bertz CT molecular complexity index is 1410. The summed E-state index contributed by atoms with van der Waals surface area (Å²) in [6.07, 6.45) is -0.430. The summed E-state index contributed by atoms with van der Waals surface area (Å²) < 4.78 is 55.1. The molecule has 0 aromatic heterocycles. The Hall–Kier alpha value is -3.96. The highest BCUT2D eigenvalue weighted by Crippen LogP contribution is 2.31. The van der Waals surface area contributed by atoms with Crippen LogP contribution in [0.2, 0.25) is 0 Å².